The van der Waals surface area contributed by atoms with Crippen molar-refractivity contribution in [2.24, 2.45) is 0 Å². The largest absolute Gasteiger partial charge is 0.479 e. The second kappa shape index (κ2) is 0.924. The fourth-order valence-electron chi connectivity index (χ4n) is 0.165. The minimum Gasteiger partial charge on any atom is -0.479 e. The number of carboxylic acid groups (broad SMARTS) is 1. The second-order valence-corrected chi connectivity index (χ2v) is 1.06. The van der Waals surface area contributed by atoms with Crippen LogP contribution in [0.2, 0.25) is 0 Å². The van der Waals surface area contributed by atoms with Crippen LogP contribution in [0, 0.1) is 0 Å². The zero-order valence-electron chi connectivity index (χ0n) is 2.93. The Hall–Kier alpha value is -0.610. The summed E-state index contributed by atoms with van der Waals surface area (Å²) in [4.78, 5) is 9.64. The number of carboxylic acids is 1. The molecule has 34 valence electrons. The molecule has 0 aliphatic carbocycles. The van der Waals surface area contributed by atoms with Crippen LogP contribution in [-0.4, -0.2) is 17.2 Å². The predicted molar refractivity (Wildman–Crippen MR) is 17.7 cm³/mol. The van der Waals surface area contributed by atoms with Crippen LogP contribution in [0.3, 0.4) is 0 Å². The van der Waals surface area contributed by atoms with Gasteiger partial charge in [-0.1, -0.05) is 0 Å². The molecule has 0 aromatic carbocycles. The highest BCUT2D eigenvalue weighted by atomic mass is 16.4. The van der Waals surface area contributed by atoms with Crippen molar-refractivity contribution in [3.8, 4) is 0 Å². The Balaban J connectivity index is 2.31. The summed E-state index contributed by atoms with van der Waals surface area (Å²) in [5, 5.41) is 7.93. The molecular weight excluding hydrogens is 84.0 g/mol. The smallest absolute Gasteiger partial charge is 0.338 e. The van der Waals surface area contributed by atoms with E-state index in [1.54, 1.807) is 0 Å². The Morgan fingerprint density at radius 1 is 1.67 bits per heavy atom. The maximum absolute atomic E-state index is 9.64. The van der Waals surface area contributed by atoms with Crippen LogP contribution in [0.1, 0.15) is 0 Å². The highest BCUT2D eigenvalue weighted by Gasteiger charge is 2.26. The lowest BCUT2D eigenvalue weighted by Crippen LogP contribution is -2.07. The molecule has 0 amide bonds. The van der Waals surface area contributed by atoms with E-state index in [9.17, 15) is 4.79 Å². The Kier molecular flexibility index (Phi) is 0.551. The van der Waals surface area contributed by atoms with E-state index in [2.05, 4.69) is 10.9 Å². The van der Waals surface area contributed by atoms with Gasteiger partial charge in [0, 0.05) is 0 Å². The quantitative estimate of drug-likeness (QED) is 0.341. The van der Waals surface area contributed by atoms with E-state index < -0.39 is 12.1 Å². The number of aliphatic carboxylic acids is 1. The molecule has 0 aromatic rings. The number of hydrogen-bond donors (Lipinski definition) is 3. The van der Waals surface area contributed by atoms with Gasteiger partial charge >= 0.3 is 5.97 Å². The first kappa shape index (κ1) is 3.58. The van der Waals surface area contributed by atoms with E-state index in [0.29, 0.717) is 0 Å². The normalized spacial score (nSPS) is 20.7. The van der Waals surface area contributed by atoms with Gasteiger partial charge in [-0.25, -0.2) is 15.6 Å². The van der Waals surface area contributed by atoms with Gasteiger partial charge in [0.2, 0.25) is 0 Å². The van der Waals surface area contributed by atoms with Crippen molar-refractivity contribution in [1.29, 1.82) is 0 Å². The zero-order chi connectivity index (χ0) is 4.57. The summed E-state index contributed by atoms with van der Waals surface area (Å²) in [6.07, 6.45) is -0.481. The van der Waals surface area contributed by atoms with Gasteiger partial charge in [0.25, 0.3) is 0 Å². The second-order valence-electron chi connectivity index (χ2n) is 1.06. The van der Waals surface area contributed by atoms with Crippen LogP contribution >= 0.6 is 0 Å². The van der Waals surface area contributed by atoms with Crippen molar-refractivity contribution in [2.75, 3.05) is 0 Å². The molecule has 0 radical (unpaired) electrons. The van der Waals surface area contributed by atoms with Gasteiger partial charge in [-0.05, 0) is 0 Å². The Bertz CT molecular complexity index is 77.6. The molecule has 1 rings (SSSR count). The molecule has 1 aliphatic rings. The zero-order valence-corrected chi connectivity index (χ0v) is 2.93. The fourth-order valence-corrected chi connectivity index (χ4v) is 0.165. The fraction of sp³-hybridized carbons (Fsp3) is 0.500. The highest BCUT2D eigenvalue weighted by Crippen LogP contribution is 1.83. The van der Waals surface area contributed by atoms with Crippen molar-refractivity contribution < 1.29 is 9.90 Å². The monoisotopic (exact) mass is 88.0 g/mol. The number of hydrazine groups is 1. The van der Waals surface area contributed by atoms with Crippen LogP contribution in [-0.2, 0) is 4.79 Å². The first-order valence-electron chi connectivity index (χ1n) is 1.54. The summed E-state index contributed by atoms with van der Waals surface area (Å²) in [6, 6.07) is 0. The van der Waals surface area contributed by atoms with Crippen LogP contribution in [0.5, 0.6) is 0 Å². The van der Waals surface area contributed by atoms with E-state index >= 15 is 0 Å². The van der Waals surface area contributed by atoms with Crippen molar-refractivity contribution in [1.82, 2.24) is 10.9 Å². The number of hydrogen-bond acceptors (Lipinski definition) is 3. The van der Waals surface area contributed by atoms with Crippen LogP contribution in [0.25, 0.3) is 0 Å². The Morgan fingerprint density at radius 3 is 2.17 bits per heavy atom. The van der Waals surface area contributed by atoms with Crippen LogP contribution in [0.15, 0.2) is 0 Å². The first-order valence-corrected chi connectivity index (χ1v) is 1.54. The van der Waals surface area contributed by atoms with E-state index in [1.165, 1.54) is 0 Å². The number of rotatable bonds is 1. The Labute approximate surface area is 34.1 Å². The minimum atomic E-state index is -0.852. The molecule has 3 N–H and O–H groups in total. The lowest BCUT2D eigenvalue weighted by Gasteiger charge is -1.72. The number of nitrogens with one attached hydrogen (secondary N) is 2. The lowest BCUT2D eigenvalue weighted by molar-refractivity contribution is -0.136. The summed E-state index contributed by atoms with van der Waals surface area (Å²) in [5.74, 6) is -0.852. The predicted octanol–water partition coefficient (Wildman–Crippen LogP) is -1.50. The molecule has 0 bridgehead atoms. The highest BCUT2D eigenvalue weighted by molar-refractivity contribution is 5.75. The molecule has 4 nitrogen and oxygen atoms in total. The maximum Gasteiger partial charge on any atom is 0.338 e. The SMILES string of the molecule is O=C(O)C1NN1. The van der Waals surface area contributed by atoms with Gasteiger partial charge in [-0.15, -0.1) is 0 Å². The molecule has 6 heavy (non-hydrogen) atoms. The molecule has 1 heterocycles. The summed E-state index contributed by atoms with van der Waals surface area (Å²) < 4.78 is 0. The minimum absolute atomic E-state index is 0.481. The van der Waals surface area contributed by atoms with Crippen molar-refractivity contribution in [3.63, 3.8) is 0 Å². The molecule has 0 saturated carbocycles. The van der Waals surface area contributed by atoms with Gasteiger partial charge in [-0.2, -0.15) is 0 Å². The average molecular weight is 88.1 g/mol. The third-order valence-electron chi connectivity index (χ3n) is 0.536. The molecule has 1 saturated heterocycles. The van der Waals surface area contributed by atoms with Gasteiger partial charge < -0.3 is 5.11 Å². The van der Waals surface area contributed by atoms with Gasteiger partial charge in [0.05, 0.1) is 0 Å². The van der Waals surface area contributed by atoms with E-state index in [-0.39, 0.29) is 0 Å². The summed E-state index contributed by atoms with van der Waals surface area (Å²) in [6.45, 7) is 0. The molecule has 0 unspecified atom stereocenters. The molecule has 4 heteroatoms. The molecule has 0 atom stereocenters. The first-order chi connectivity index (χ1) is 2.80. The summed E-state index contributed by atoms with van der Waals surface area (Å²) in [7, 11) is 0. The summed E-state index contributed by atoms with van der Waals surface area (Å²) in [5.41, 5.74) is 4.77. The van der Waals surface area contributed by atoms with Crippen LogP contribution < -0.4 is 10.9 Å². The van der Waals surface area contributed by atoms with E-state index in [0.717, 1.165) is 0 Å². The van der Waals surface area contributed by atoms with Gasteiger partial charge in [-0.3, -0.25) is 0 Å². The average Bonchev–Trinajstić information content (AvgIpc) is 2.06. The van der Waals surface area contributed by atoms with Crippen molar-refractivity contribution in [2.45, 2.75) is 6.17 Å². The summed E-state index contributed by atoms with van der Waals surface area (Å²) >= 11 is 0. The molecule has 0 aromatic heterocycles. The van der Waals surface area contributed by atoms with Crippen LogP contribution in [0.4, 0.5) is 0 Å². The Morgan fingerprint density at radius 2 is 2.17 bits per heavy atom. The van der Waals surface area contributed by atoms with E-state index in [4.69, 9.17) is 5.11 Å². The van der Waals surface area contributed by atoms with Crippen molar-refractivity contribution in [3.05, 3.63) is 0 Å². The van der Waals surface area contributed by atoms with Crippen molar-refractivity contribution >= 4 is 5.97 Å². The van der Waals surface area contributed by atoms with Gasteiger partial charge in [0.15, 0.2) is 6.17 Å². The molecular formula is C2H4N2O2. The maximum atomic E-state index is 9.64. The molecule has 1 fully saturated rings. The standard InChI is InChI=1S/C2H4N2O2/c5-2(6)1-3-4-1/h1,3-4H,(H,5,6). The topological polar surface area (TPSA) is 81.2 Å². The van der Waals surface area contributed by atoms with Gasteiger partial charge in [0.1, 0.15) is 0 Å². The lowest BCUT2D eigenvalue weighted by atomic mass is 10.6. The number of carbonyl (C=O) groups is 1. The molecule has 1 aliphatic heterocycles. The van der Waals surface area contributed by atoms with E-state index in [1.807, 2.05) is 0 Å². The third-order valence-corrected chi connectivity index (χ3v) is 0.536. The molecule has 0 spiro atoms. The third kappa shape index (κ3) is 0.474.